The Balaban J connectivity index is 2.76. The normalized spacial score (nSPS) is 11.5. The van der Waals surface area contributed by atoms with Crippen molar-refractivity contribution >= 4 is 16.6 Å². The second-order valence-corrected chi connectivity index (χ2v) is 2.42. The van der Waals surface area contributed by atoms with E-state index in [4.69, 9.17) is 1.37 Å². The molecule has 1 aromatic heterocycles. The van der Waals surface area contributed by atoms with E-state index >= 15 is 0 Å². The second kappa shape index (κ2) is 2.34. The van der Waals surface area contributed by atoms with Crippen LogP contribution in [0.1, 0.15) is 1.37 Å². The maximum absolute atomic E-state index is 10.5. The van der Waals surface area contributed by atoms with Gasteiger partial charge in [0.15, 0.2) is 0 Å². The van der Waals surface area contributed by atoms with Gasteiger partial charge in [-0.3, -0.25) is 10.1 Å². The van der Waals surface area contributed by atoms with E-state index in [1.807, 2.05) is 0 Å². The summed E-state index contributed by atoms with van der Waals surface area (Å²) in [5, 5.41) is 11.3. The van der Waals surface area contributed by atoms with Gasteiger partial charge in [-0.1, -0.05) is 0 Å². The number of hydrogen-bond donors (Lipinski definition) is 1. The maximum Gasteiger partial charge on any atom is 0.271 e. The van der Waals surface area contributed by atoms with Gasteiger partial charge in [-0.2, -0.15) is 0 Å². The molecule has 1 aromatic carbocycles. The molecule has 0 fully saturated rings. The van der Waals surface area contributed by atoms with E-state index in [-0.39, 0.29) is 11.7 Å². The Labute approximate surface area is 69.4 Å². The monoisotopic (exact) mass is 163 g/mol. The van der Waals surface area contributed by atoms with Crippen molar-refractivity contribution in [2.24, 2.45) is 0 Å². The van der Waals surface area contributed by atoms with Crippen LogP contribution in [0, 0.1) is 10.1 Å². The number of nitrogens with zero attached hydrogens (tertiary/aromatic N) is 1. The molecule has 12 heavy (non-hydrogen) atoms. The summed E-state index contributed by atoms with van der Waals surface area (Å²) in [7, 11) is 0. The molecule has 0 aliphatic heterocycles. The zero-order chi connectivity index (χ0) is 9.42. The van der Waals surface area contributed by atoms with Gasteiger partial charge in [0, 0.05) is 18.3 Å². The average molecular weight is 163 g/mol. The van der Waals surface area contributed by atoms with Crippen molar-refractivity contribution in [1.82, 2.24) is 4.98 Å². The molecule has 0 unspecified atom stereocenters. The predicted molar refractivity (Wildman–Crippen MR) is 45.0 cm³/mol. The van der Waals surface area contributed by atoms with E-state index in [1.165, 1.54) is 12.1 Å². The van der Waals surface area contributed by atoms with Crippen LogP contribution in [0.15, 0.2) is 30.4 Å². The van der Waals surface area contributed by atoms with Crippen LogP contribution < -0.4 is 0 Å². The molecule has 0 aliphatic rings. The number of fused-ring (bicyclic) bond motifs is 1. The Kier molecular flexibility index (Phi) is 1.12. The fraction of sp³-hybridized carbons (Fsp3) is 0. The molecule has 0 spiro atoms. The van der Waals surface area contributed by atoms with E-state index in [0.29, 0.717) is 5.52 Å². The zero-order valence-corrected chi connectivity index (χ0v) is 6.07. The standard InChI is InChI=1S/C8H6N2O2/c11-10(12)7-2-1-6-3-4-9-8(6)5-7/h1-5,9H/i2D. The molecule has 4 nitrogen and oxygen atoms in total. The quantitative estimate of drug-likeness (QED) is 0.516. The molecule has 0 aliphatic carbocycles. The summed E-state index contributed by atoms with van der Waals surface area (Å²) in [6.45, 7) is 0. The topological polar surface area (TPSA) is 58.9 Å². The Morgan fingerprint density at radius 1 is 1.58 bits per heavy atom. The fourth-order valence-electron chi connectivity index (χ4n) is 1.08. The van der Waals surface area contributed by atoms with Gasteiger partial charge < -0.3 is 4.98 Å². The van der Waals surface area contributed by atoms with Crippen LogP contribution in [0.2, 0.25) is 0 Å². The number of nitro groups is 1. The highest BCUT2D eigenvalue weighted by Crippen LogP contribution is 2.18. The minimum atomic E-state index is -0.553. The lowest BCUT2D eigenvalue weighted by molar-refractivity contribution is -0.384. The largest absolute Gasteiger partial charge is 0.361 e. The predicted octanol–water partition coefficient (Wildman–Crippen LogP) is 2.08. The third kappa shape index (κ3) is 0.934. The SMILES string of the molecule is [2H]c1cc2cc[nH]c2cc1[N+](=O)[O-]. The molecule has 1 N–H and O–H groups in total. The van der Waals surface area contributed by atoms with Crippen LogP contribution in [0.3, 0.4) is 0 Å². The molecule has 4 heteroatoms. The molecular weight excluding hydrogens is 156 g/mol. The van der Waals surface area contributed by atoms with Crippen LogP contribution in [0.4, 0.5) is 5.69 Å². The number of hydrogen-bond acceptors (Lipinski definition) is 2. The van der Waals surface area contributed by atoms with Crippen molar-refractivity contribution in [3.63, 3.8) is 0 Å². The van der Waals surface area contributed by atoms with Gasteiger partial charge in [0.05, 0.1) is 11.8 Å². The molecule has 2 rings (SSSR count). The molecule has 0 bridgehead atoms. The van der Waals surface area contributed by atoms with Crippen molar-refractivity contribution in [2.45, 2.75) is 0 Å². The lowest BCUT2D eigenvalue weighted by atomic mass is 10.2. The molecule has 1 heterocycles. The number of nitro benzene ring substituents is 1. The Morgan fingerprint density at radius 3 is 3.17 bits per heavy atom. The summed E-state index contributed by atoms with van der Waals surface area (Å²) in [6, 6.07) is 4.57. The third-order valence-electron chi connectivity index (χ3n) is 1.67. The first-order valence-corrected chi connectivity index (χ1v) is 3.40. The van der Waals surface area contributed by atoms with E-state index in [0.717, 1.165) is 5.39 Å². The van der Waals surface area contributed by atoms with E-state index < -0.39 is 4.92 Å². The highest BCUT2D eigenvalue weighted by molar-refractivity contribution is 5.81. The Morgan fingerprint density at radius 2 is 2.42 bits per heavy atom. The zero-order valence-electron chi connectivity index (χ0n) is 7.07. The minimum Gasteiger partial charge on any atom is -0.361 e. The van der Waals surface area contributed by atoms with Crippen LogP contribution in [0.5, 0.6) is 0 Å². The summed E-state index contributed by atoms with van der Waals surface area (Å²) in [5.74, 6) is 0. The van der Waals surface area contributed by atoms with Crippen LogP contribution in [-0.4, -0.2) is 9.91 Å². The van der Waals surface area contributed by atoms with E-state index in [1.54, 1.807) is 12.3 Å². The molecule has 2 aromatic rings. The van der Waals surface area contributed by atoms with Gasteiger partial charge in [-0.05, 0) is 17.5 Å². The first-order valence-electron chi connectivity index (χ1n) is 3.90. The molecular formula is C8H6N2O2. The summed E-state index contributed by atoms with van der Waals surface area (Å²) in [4.78, 5) is 12.8. The van der Waals surface area contributed by atoms with E-state index in [9.17, 15) is 10.1 Å². The van der Waals surface area contributed by atoms with E-state index in [2.05, 4.69) is 4.98 Å². The summed E-state index contributed by atoms with van der Waals surface area (Å²) < 4.78 is 7.37. The second-order valence-electron chi connectivity index (χ2n) is 2.42. The highest BCUT2D eigenvalue weighted by atomic mass is 16.6. The fourth-order valence-corrected chi connectivity index (χ4v) is 1.08. The number of nitrogens with one attached hydrogen (secondary N) is 1. The van der Waals surface area contributed by atoms with Crippen molar-refractivity contribution in [1.29, 1.82) is 0 Å². The molecule has 0 saturated heterocycles. The van der Waals surface area contributed by atoms with Crippen molar-refractivity contribution < 1.29 is 6.29 Å². The lowest BCUT2D eigenvalue weighted by Gasteiger charge is -1.90. The molecule has 0 amide bonds. The number of H-pyrrole nitrogens is 1. The molecule has 0 atom stereocenters. The van der Waals surface area contributed by atoms with Gasteiger partial charge in [0.2, 0.25) is 0 Å². The minimum absolute atomic E-state index is 0.0582. The Bertz CT molecular complexity index is 478. The van der Waals surface area contributed by atoms with Gasteiger partial charge in [-0.25, -0.2) is 0 Å². The number of aromatic amines is 1. The first-order chi connectivity index (χ1) is 6.18. The highest BCUT2D eigenvalue weighted by Gasteiger charge is 2.05. The van der Waals surface area contributed by atoms with Gasteiger partial charge in [-0.15, -0.1) is 0 Å². The van der Waals surface area contributed by atoms with Crippen molar-refractivity contribution in [3.05, 3.63) is 40.6 Å². The molecule has 0 saturated carbocycles. The molecule has 60 valence electrons. The van der Waals surface area contributed by atoms with Crippen LogP contribution in [-0.2, 0) is 0 Å². The molecule has 0 radical (unpaired) electrons. The van der Waals surface area contributed by atoms with Gasteiger partial charge in [0.1, 0.15) is 0 Å². The smallest absolute Gasteiger partial charge is 0.271 e. The average Bonchev–Trinajstić information content (AvgIpc) is 2.48. The van der Waals surface area contributed by atoms with Gasteiger partial charge in [0.25, 0.3) is 5.69 Å². The number of benzene rings is 1. The van der Waals surface area contributed by atoms with Crippen LogP contribution in [0.25, 0.3) is 10.9 Å². The van der Waals surface area contributed by atoms with Crippen LogP contribution >= 0.6 is 0 Å². The van der Waals surface area contributed by atoms with Crippen molar-refractivity contribution in [2.75, 3.05) is 0 Å². The summed E-state index contributed by atoms with van der Waals surface area (Å²) in [6.07, 6.45) is 1.69. The lowest BCUT2D eigenvalue weighted by Crippen LogP contribution is -1.86. The number of rotatable bonds is 1. The first kappa shape index (κ1) is 5.77. The third-order valence-corrected chi connectivity index (χ3v) is 1.67. The Hall–Kier alpha value is -1.84. The number of aromatic nitrogens is 1. The maximum atomic E-state index is 10.5. The summed E-state index contributed by atoms with van der Waals surface area (Å²) >= 11 is 0. The summed E-state index contributed by atoms with van der Waals surface area (Å²) in [5.41, 5.74) is 0.512. The van der Waals surface area contributed by atoms with Crippen molar-refractivity contribution in [3.8, 4) is 0 Å². The van der Waals surface area contributed by atoms with Gasteiger partial charge >= 0.3 is 0 Å².